The molecule has 0 aromatic carbocycles. The van der Waals surface area contributed by atoms with Gasteiger partial charge in [0.1, 0.15) is 0 Å². The van der Waals surface area contributed by atoms with E-state index in [1.807, 2.05) is 0 Å². The van der Waals surface area contributed by atoms with Crippen LogP contribution in [0.2, 0.25) is 5.02 Å². The summed E-state index contributed by atoms with van der Waals surface area (Å²) in [6, 6.07) is 0. The maximum absolute atomic E-state index is 12.5. The van der Waals surface area contributed by atoms with Crippen molar-refractivity contribution in [2.24, 2.45) is 0 Å². The number of alkyl halides is 2. The van der Waals surface area contributed by atoms with E-state index in [9.17, 15) is 13.6 Å². The molecule has 0 aliphatic rings. The standard InChI is InChI=1S/C8H6ClF2NO2/c1-14-8-4(3-13)6(7(10)11)5(9)2-12-8/h2-3,7H,1H3. The summed E-state index contributed by atoms with van der Waals surface area (Å²) in [5.74, 6) is -0.153. The Morgan fingerprint density at radius 3 is 2.71 bits per heavy atom. The molecule has 0 N–H and O–H groups in total. The lowest BCUT2D eigenvalue weighted by Crippen LogP contribution is -2.01. The van der Waals surface area contributed by atoms with E-state index >= 15 is 0 Å². The second-order valence-corrected chi connectivity index (χ2v) is 2.77. The first-order valence-electron chi connectivity index (χ1n) is 3.57. The Kier molecular flexibility index (Phi) is 3.35. The monoisotopic (exact) mass is 221 g/mol. The molecule has 3 nitrogen and oxygen atoms in total. The van der Waals surface area contributed by atoms with Gasteiger partial charge in [0, 0.05) is 0 Å². The summed E-state index contributed by atoms with van der Waals surface area (Å²) in [6.07, 6.45) is -1.56. The lowest BCUT2D eigenvalue weighted by Gasteiger charge is -2.08. The smallest absolute Gasteiger partial charge is 0.266 e. The maximum Gasteiger partial charge on any atom is 0.266 e. The van der Waals surface area contributed by atoms with E-state index in [0.29, 0.717) is 0 Å². The molecule has 1 heterocycles. The van der Waals surface area contributed by atoms with Crippen molar-refractivity contribution in [3.63, 3.8) is 0 Å². The van der Waals surface area contributed by atoms with Gasteiger partial charge in [0.2, 0.25) is 5.88 Å². The van der Waals surface area contributed by atoms with Gasteiger partial charge in [0.05, 0.1) is 29.5 Å². The van der Waals surface area contributed by atoms with Crippen LogP contribution in [0.1, 0.15) is 22.3 Å². The van der Waals surface area contributed by atoms with Gasteiger partial charge in [-0.3, -0.25) is 4.79 Å². The van der Waals surface area contributed by atoms with E-state index < -0.39 is 12.0 Å². The van der Waals surface area contributed by atoms with Crippen LogP contribution < -0.4 is 4.74 Å². The van der Waals surface area contributed by atoms with E-state index in [0.717, 1.165) is 6.20 Å². The molecule has 0 saturated carbocycles. The Hall–Kier alpha value is -1.23. The average molecular weight is 222 g/mol. The molecule has 0 radical (unpaired) electrons. The van der Waals surface area contributed by atoms with Crippen molar-refractivity contribution >= 4 is 17.9 Å². The quantitative estimate of drug-likeness (QED) is 0.736. The first-order chi connectivity index (χ1) is 6.61. The predicted molar refractivity (Wildman–Crippen MR) is 46.1 cm³/mol. The number of halogens is 3. The zero-order valence-electron chi connectivity index (χ0n) is 7.13. The van der Waals surface area contributed by atoms with Crippen LogP contribution in [0, 0.1) is 0 Å². The Bertz CT molecular complexity index is 357. The van der Waals surface area contributed by atoms with E-state index in [2.05, 4.69) is 9.72 Å². The molecule has 14 heavy (non-hydrogen) atoms. The zero-order valence-corrected chi connectivity index (χ0v) is 7.89. The molecule has 1 aromatic rings. The molecular formula is C8H6ClF2NO2. The van der Waals surface area contributed by atoms with Crippen molar-refractivity contribution < 1.29 is 18.3 Å². The molecule has 0 atom stereocenters. The topological polar surface area (TPSA) is 39.2 Å². The van der Waals surface area contributed by atoms with E-state index in [1.165, 1.54) is 7.11 Å². The summed E-state index contributed by atoms with van der Waals surface area (Å²) >= 11 is 5.48. The number of hydrogen-bond acceptors (Lipinski definition) is 3. The zero-order chi connectivity index (χ0) is 10.7. The minimum absolute atomic E-state index is 0.153. The number of aldehydes is 1. The molecule has 0 saturated heterocycles. The first-order valence-corrected chi connectivity index (χ1v) is 3.95. The molecule has 0 spiro atoms. The molecule has 1 rings (SSSR count). The fourth-order valence-electron chi connectivity index (χ4n) is 0.997. The van der Waals surface area contributed by atoms with Gasteiger partial charge < -0.3 is 4.74 Å². The number of methoxy groups -OCH3 is 1. The number of carbonyl (C=O) groups is 1. The predicted octanol–water partition coefficient (Wildman–Crippen LogP) is 2.49. The Morgan fingerprint density at radius 2 is 2.29 bits per heavy atom. The van der Waals surface area contributed by atoms with Crippen molar-refractivity contribution in [3.05, 3.63) is 22.3 Å². The fraction of sp³-hybridized carbons (Fsp3) is 0.250. The van der Waals surface area contributed by atoms with Crippen LogP contribution >= 0.6 is 11.6 Å². The maximum atomic E-state index is 12.5. The summed E-state index contributed by atoms with van der Waals surface area (Å²) < 4.78 is 29.6. The van der Waals surface area contributed by atoms with Gasteiger partial charge >= 0.3 is 0 Å². The highest BCUT2D eigenvalue weighted by Gasteiger charge is 2.21. The molecular weight excluding hydrogens is 216 g/mol. The number of rotatable bonds is 3. The van der Waals surface area contributed by atoms with Crippen LogP contribution in [0.25, 0.3) is 0 Å². The molecule has 76 valence electrons. The Balaban J connectivity index is 3.42. The van der Waals surface area contributed by atoms with Gasteiger partial charge in [-0.05, 0) is 0 Å². The van der Waals surface area contributed by atoms with Gasteiger partial charge in [-0.15, -0.1) is 0 Å². The summed E-state index contributed by atoms with van der Waals surface area (Å²) in [5.41, 5.74) is -0.858. The number of hydrogen-bond donors (Lipinski definition) is 0. The van der Waals surface area contributed by atoms with Crippen molar-refractivity contribution in [1.29, 1.82) is 0 Å². The first kappa shape index (κ1) is 10.8. The van der Waals surface area contributed by atoms with Gasteiger partial charge in [-0.1, -0.05) is 11.6 Å². The Labute approximate surface area is 83.7 Å². The summed E-state index contributed by atoms with van der Waals surface area (Å²) in [4.78, 5) is 14.1. The van der Waals surface area contributed by atoms with E-state index in [-0.39, 0.29) is 22.8 Å². The normalized spacial score (nSPS) is 10.4. The minimum atomic E-state index is -2.83. The highest BCUT2D eigenvalue weighted by atomic mass is 35.5. The third-order valence-corrected chi connectivity index (χ3v) is 1.90. The summed E-state index contributed by atoms with van der Waals surface area (Å²) in [6.45, 7) is 0. The highest BCUT2D eigenvalue weighted by Crippen LogP contribution is 2.32. The second-order valence-electron chi connectivity index (χ2n) is 2.36. The van der Waals surface area contributed by atoms with Crippen molar-refractivity contribution in [1.82, 2.24) is 4.98 Å². The lowest BCUT2D eigenvalue weighted by atomic mass is 10.1. The fourth-order valence-corrected chi connectivity index (χ4v) is 1.23. The molecule has 0 fully saturated rings. The van der Waals surface area contributed by atoms with Crippen molar-refractivity contribution in [2.45, 2.75) is 6.43 Å². The van der Waals surface area contributed by atoms with Gasteiger partial charge in [0.15, 0.2) is 6.29 Å². The van der Waals surface area contributed by atoms with Crippen molar-refractivity contribution in [3.8, 4) is 5.88 Å². The number of ether oxygens (including phenoxy) is 1. The SMILES string of the molecule is COc1ncc(Cl)c(C(F)F)c1C=O. The molecule has 0 aliphatic carbocycles. The van der Waals surface area contributed by atoms with Crippen LogP contribution in [0.4, 0.5) is 8.78 Å². The Morgan fingerprint density at radius 1 is 1.64 bits per heavy atom. The van der Waals surface area contributed by atoms with E-state index in [4.69, 9.17) is 11.6 Å². The number of carbonyl (C=O) groups excluding carboxylic acids is 1. The van der Waals surface area contributed by atoms with Crippen molar-refractivity contribution in [2.75, 3.05) is 7.11 Å². The molecule has 1 aromatic heterocycles. The molecule has 0 bridgehead atoms. The lowest BCUT2D eigenvalue weighted by molar-refractivity contribution is 0.110. The number of pyridine rings is 1. The second kappa shape index (κ2) is 4.32. The van der Waals surface area contributed by atoms with Crippen LogP contribution in [0.15, 0.2) is 6.20 Å². The number of aromatic nitrogens is 1. The molecule has 0 unspecified atom stereocenters. The van der Waals surface area contributed by atoms with Crippen LogP contribution in [-0.2, 0) is 0 Å². The molecule has 0 amide bonds. The van der Waals surface area contributed by atoms with Gasteiger partial charge in [-0.25, -0.2) is 13.8 Å². The third-order valence-electron chi connectivity index (χ3n) is 1.60. The number of nitrogens with zero attached hydrogens (tertiary/aromatic N) is 1. The van der Waals surface area contributed by atoms with Crippen LogP contribution in [0.3, 0.4) is 0 Å². The summed E-state index contributed by atoms with van der Waals surface area (Å²) in [7, 11) is 1.23. The average Bonchev–Trinajstić information content (AvgIpc) is 2.16. The summed E-state index contributed by atoms with van der Waals surface area (Å²) in [5, 5.41) is -0.247. The van der Waals surface area contributed by atoms with Gasteiger partial charge in [-0.2, -0.15) is 0 Å². The molecule has 0 aliphatic heterocycles. The third kappa shape index (κ3) is 1.82. The van der Waals surface area contributed by atoms with E-state index in [1.54, 1.807) is 0 Å². The van der Waals surface area contributed by atoms with Gasteiger partial charge in [0.25, 0.3) is 6.43 Å². The highest BCUT2D eigenvalue weighted by molar-refractivity contribution is 6.31. The van der Waals surface area contributed by atoms with Crippen LogP contribution in [0.5, 0.6) is 5.88 Å². The van der Waals surface area contributed by atoms with Crippen LogP contribution in [-0.4, -0.2) is 18.4 Å². The largest absolute Gasteiger partial charge is 0.480 e. The molecule has 6 heteroatoms. The minimum Gasteiger partial charge on any atom is -0.480 e.